The molecule has 2 aromatic rings. The number of halogens is 1. The Kier molecular flexibility index (Phi) is 10.3. The number of allylic oxidation sites excluding steroid dienone is 1. The molecule has 214 valence electrons. The van der Waals surface area contributed by atoms with E-state index in [9.17, 15) is 24.8 Å². The topological polar surface area (TPSA) is 119 Å². The number of β-lactam (4-membered cyclic amide) rings is 1. The van der Waals surface area contributed by atoms with E-state index < -0.39 is 39.4 Å². The minimum atomic E-state index is -0.928. The van der Waals surface area contributed by atoms with Crippen molar-refractivity contribution in [3.63, 3.8) is 0 Å². The summed E-state index contributed by atoms with van der Waals surface area (Å²) in [5, 5.41) is 21.1. The molecule has 1 N–H and O–H groups in total. The molecular formula is C28H31ClN2O7S2. The lowest BCUT2D eigenvalue weighted by Crippen LogP contribution is -2.63. The third-order valence-electron chi connectivity index (χ3n) is 6.03. The van der Waals surface area contributed by atoms with Crippen LogP contribution in [0.3, 0.4) is 0 Å². The first-order chi connectivity index (χ1) is 18.8. The number of rotatable bonds is 11. The van der Waals surface area contributed by atoms with Gasteiger partial charge in [0.15, 0.2) is 5.76 Å². The number of thioether (sulfide) groups is 1. The monoisotopic (exact) mass is 606 g/mol. The molecule has 0 radical (unpaired) electrons. The van der Waals surface area contributed by atoms with Crippen LogP contribution < -0.4 is 4.74 Å². The predicted molar refractivity (Wildman–Crippen MR) is 158 cm³/mol. The lowest BCUT2D eigenvalue weighted by atomic mass is 9.87. The number of hydrogen-bond acceptors (Lipinski definition) is 9. The minimum Gasteiger partial charge on any atom is -0.477 e. The second kappa shape index (κ2) is 13.1. The summed E-state index contributed by atoms with van der Waals surface area (Å²) in [4.78, 5) is 39.1. The number of nitro benzene ring substituents is 1. The fraction of sp³-hybridized carbons (Fsp3) is 0.393. The maximum Gasteiger partial charge on any atom is 0.269 e. The summed E-state index contributed by atoms with van der Waals surface area (Å²) in [6.07, 6.45) is -0.928. The SMILES string of the molecule is CCS[C@@H]1[C@@H]([C@@H](C)O)C(=O)N1C(C(=S)OCc1ccc([N+](=O)[O-])cc1)=C(Oc1ccc(Cl)cc1)C(=O)C(C)(C)C. The Bertz CT molecular complexity index is 1310. The number of amides is 1. The highest BCUT2D eigenvalue weighted by atomic mass is 35.5. The number of likely N-dealkylation sites (tertiary alicyclic amines) is 1. The van der Waals surface area contributed by atoms with Crippen molar-refractivity contribution in [3.8, 4) is 5.75 Å². The third kappa shape index (κ3) is 7.20. The Morgan fingerprint density at radius 3 is 2.30 bits per heavy atom. The molecule has 1 aliphatic rings. The van der Waals surface area contributed by atoms with E-state index in [1.54, 1.807) is 52.0 Å². The molecule has 3 atom stereocenters. The van der Waals surface area contributed by atoms with E-state index in [0.717, 1.165) is 0 Å². The van der Waals surface area contributed by atoms with E-state index in [2.05, 4.69) is 0 Å². The summed E-state index contributed by atoms with van der Waals surface area (Å²) in [6.45, 7) is 8.53. The van der Waals surface area contributed by atoms with Crippen LogP contribution in [0.15, 0.2) is 60.0 Å². The molecule has 2 aromatic carbocycles. The number of aliphatic hydroxyl groups excluding tert-OH is 1. The van der Waals surface area contributed by atoms with E-state index in [1.165, 1.54) is 40.9 Å². The fourth-order valence-corrected chi connectivity index (χ4v) is 5.54. The van der Waals surface area contributed by atoms with E-state index in [1.807, 2.05) is 6.92 Å². The van der Waals surface area contributed by atoms with Crippen LogP contribution >= 0.6 is 35.6 Å². The van der Waals surface area contributed by atoms with Crippen molar-refractivity contribution in [1.82, 2.24) is 4.90 Å². The van der Waals surface area contributed by atoms with Gasteiger partial charge in [0.2, 0.25) is 16.7 Å². The quantitative estimate of drug-likeness (QED) is 0.0830. The highest BCUT2D eigenvalue weighted by Gasteiger charge is 2.54. The molecule has 40 heavy (non-hydrogen) atoms. The van der Waals surface area contributed by atoms with Crippen LogP contribution in [0.1, 0.15) is 40.2 Å². The standard InChI is InChI=1S/C28H31ClN2O7S2/c1-6-40-26-21(16(2)32)25(34)30(26)22(27(39)37-15-17-7-11-19(12-8-17)31(35)36)23(24(33)28(3,4)5)38-20-13-9-18(29)10-14-20/h7-14,16,21,26,32H,6,15H2,1-5H3/t16-,21+,26-/m1/s1. The molecule has 1 saturated heterocycles. The number of benzene rings is 2. The molecule has 12 heteroatoms. The summed E-state index contributed by atoms with van der Waals surface area (Å²) in [5.41, 5.74) is -0.423. The summed E-state index contributed by atoms with van der Waals surface area (Å²) >= 11 is 13.1. The number of ether oxygens (including phenoxy) is 2. The highest BCUT2D eigenvalue weighted by Crippen LogP contribution is 2.42. The number of non-ortho nitro benzene ring substituents is 1. The number of nitro groups is 1. The molecule has 1 aliphatic heterocycles. The highest BCUT2D eigenvalue weighted by molar-refractivity contribution is 8.00. The molecule has 0 saturated carbocycles. The van der Waals surface area contributed by atoms with Gasteiger partial charge >= 0.3 is 0 Å². The Balaban J connectivity index is 2.11. The molecule has 1 heterocycles. The number of thiocarbonyl (C=S) groups is 1. The number of hydrogen-bond donors (Lipinski definition) is 1. The summed E-state index contributed by atoms with van der Waals surface area (Å²) in [6, 6.07) is 12.1. The molecule has 0 bridgehead atoms. The Morgan fingerprint density at radius 1 is 1.20 bits per heavy atom. The number of carbonyl (C=O) groups is 2. The summed E-state index contributed by atoms with van der Waals surface area (Å²) in [7, 11) is 0. The van der Waals surface area contributed by atoms with Gasteiger partial charge in [0.1, 0.15) is 18.1 Å². The normalized spacial score (nSPS) is 18.4. The molecule has 0 aliphatic carbocycles. The predicted octanol–water partition coefficient (Wildman–Crippen LogP) is 5.92. The van der Waals surface area contributed by atoms with Gasteiger partial charge in [-0.2, -0.15) is 0 Å². The molecule has 0 unspecified atom stereocenters. The third-order valence-corrected chi connectivity index (χ3v) is 7.77. The zero-order valence-corrected chi connectivity index (χ0v) is 25.1. The first-order valence-electron chi connectivity index (χ1n) is 12.5. The van der Waals surface area contributed by atoms with Gasteiger partial charge in [-0.15, -0.1) is 11.8 Å². The van der Waals surface area contributed by atoms with Gasteiger partial charge in [-0.3, -0.25) is 24.6 Å². The van der Waals surface area contributed by atoms with Crippen LogP contribution in [-0.4, -0.2) is 48.9 Å². The summed E-state index contributed by atoms with van der Waals surface area (Å²) in [5.74, 6) is -0.806. The second-order valence-electron chi connectivity index (χ2n) is 10.1. The largest absolute Gasteiger partial charge is 0.477 e. The van der Waals surface area contributed by atoms with E-state index in [0.29, 0.717) is 22.1 Å². The lowest BCUT2D eigenvalue weighted by molar-refractivity contribution is -0.384. The maximum absolute atomic E-state index is 13.8. The van der Waals surface area contributed by atoms with Crippen molar-refractivity contribution in [2.75, 3.05) is 5.75 Å². The number of Topliss-reactive ketones (excluding diaryl/α,β-unsaturated/α-hetero) is 1. The smallest absolute Gasteiger partial charge is 0.269 e. The molecule has 0 aromatic heterocycles. The van der Waals surface area contributed by atoms with E-state index in [4.69, 9.17) is 33.3 Å². The molecular weight excluding hydrogens is 576 g/mol. The number of carbonyl (C=O) groups excluding carboxylic acids is 2. The summed E-state index contributed by atoms with van der Waals surface area (Å²) < 4.78 is 12.0. The first kappa shape index (κ1) is 31.5. The van der Waals surface area contributed by atoms with E-state index >= 15 is 0 Å². The lowest BCUT2D eigenvalue weighted by Gasteiger charge is -2.48. The molecule has 3 rings (SSSR count). The van der Waals surface area contributed by atoms with Gasteiger partial charge in [-0.25, -0.2) is 0 Å². The molecule has 1 amide bonds. The Labute approximate surface area is 247 Å². The van der Waals surface area contributed by atoms with Crippen molar-refractivity contribution >= 4 is 58.0 Å². The van der Waals surface area contributed by atoms with Gasteiger partial charge in [0.25, 0.3) is 5.69 Å². The van der Waals surface area contributed by atoms with Gasteiger partial charge in [0.05, 0.1) is 22.3 Å². The fourth-order valence-electron chi connectivity index (χ4n) is 3.91. The van der Waals surface area contributed by atoms with Crippen molar-refractivity contribution < 1.29 is 29.1 Å². The van der Waals surface area contributed by atoms with Crippen LogP contribution in [0, 0.1) is 21.4 Å². The number of ketones is 1. The second-order valence-corrected chi connectivity index (χ2v) is 12.3. The first-order valence-corrected chi connectivity index (χ1v) is 14.4. The van der Waals surface area contributed by atoms with E-state index in [-0.39, 0.29) is 28.8 Å². The van der Waals surface area contributed by atoms with Crippen LogP contribution in [0.5, 0.6) is 5.75 Å². The zero-order chi connectivity index (χ0) is 29.8. The van der Waals surface area contributed by atoms with Crippen molar-refractivity contribution in [2.45, 2.75) is 52.7 Å². The van der Waals surface area contributed by atoms with Crippen molar-refractivity contribution in [2.24, 2.45) is 11.3 Å². The van der Waals surface area contributed by atoms with Crippen LogP contribution in [-0.2, 0) is 20.9 Å². The van der Waals surface area contributed by atoms with Crippen LogP contribution in [0.4, 0.5) is 5.69 Å². The van der Waals surface area contributed by atoms with Gasteiger partial charge in [-0.1, -0.05) is 39.3 Å². The van der Waals surface area contributed by atoms with Crippen molar-refractivity contribution in [3.05, 3.63) is 80.7 Å². The minimum absolute atomic E-state index is 0.0142. The van der Waals surface area contributed by atoms with Crippen LogP contribution in [0.25, 0.3) is 0 Å². The van der Waals surface area contributed by atoms with Gasteiger partial charge in [0, 0.05) is 22.6 Å². The Hall–Kier alpha value is -2.99. The Morgan fingerprint density at radius 2 is 1.80 bits per heavy atom. The number of aliphatic hydroxyl groups is 1. The van der Waals surface area contributed by atoms with Gasteiger partial charge < -0.3 is 14.6 Å². The molecule has 9 nitrogen and oxygen atoms in total. The van der Waals surface area contributed by atoms with Gasteiger partial charge in [-0.05, 0) is 66.9 Å². The maximum atomic E-state index is 13.8. The zero-order valence-electron chi connectivity index (χ0n) is 22.8. The molecule has 1 fully saturated rings. The average Bonchev–Trinajstić information content (AvgIpc) is 2.89. The molecule has 0 spiro atoms. The number of nitrogens with zero attached hydrogens (tertiary/aromatic N) is 2. The van der Waals surface area contributed by atoms with Crippen molar-refractivity contribution in [1.29, 1.82) is 0 Å². The average molecular weight is 607 g/mol. The van der Waals surface area contributed by atoms with Crippen LogP contribution in [0.2, 0.25) is 5.02 Å².